The Labute approximate surface area is 128 Å². The zero-order chi connectivity index (χ0) is 15.1. The largest absolute Gasteiger partial charge is 0.396 e. The van der Waals surface area contributed by atoms with Crippen LogP contribution in [0.5, 0.6) is 0 Å². The van der Waals surface area contributed by atoms with Gasteiger partial charge in [0.1, 0.15) is 6.23 Å². The number of nitrogens with one attached hydrogen (secondary N) is 1. The van der Waals surface area contributed by atoms with Gasteiger partial charge in [-0.1, -0.05) is 24.5 Å². The fourth-order valence-electron chi connectivity index (χ4n) is 3.80. The average molecular weight is 296 g/mol. The van der Waals surface area contributed by atoms with Crippen LogP contribution in [-0.4, -0.2) is 35.1 Å². The van der Waals surface area contributed by atoms with E-state index in [0.29, 0.717) is 5.92 Å². The van der Waals surface area contributed by atoms with Crippen LogP contribution in [0.2, 0.25) is 0 Å². The van der Waals surface area contributed by atoms with E-state index in [1.807, 2.05) is 0 Å². The molecule has 4 atom stereocenters. The minimum atomic E-state index is -0.459. The summed E-state index contributed by atoms with van der Waals surface area (Å²) in [4.78, 5) is 0. The van der Waals surface area contributed by atoms with Gasteiger partial charge in [0.2, 0.25) is 0 Å². The normalized spacial score (nSPS) is 31.8. The van der Waals surface area contributed by atoms with Crippen molar-refractivity contribution >= 4 is 0 Å². The predicted molar refractivity (Wildman–Crippen MR) is 85.7 cm³/mol. The third kappa shape index (κ3) is 5.37. The highest BCUT2D eigenvalue weighted by Crippen LogP contribution is 2.27. The van der Waals surface area contributed by atoms with Gasteiger partial charge in [0.05, 0.1) is 0 Å². The smallest absolute Gasteiger partial charge is 0.105 e. The summed E-state index contributed by atoms with van der Waals surface area (Å²) in [6.07, 6.45) is 12.5. The van der Waals surface area contributed by atoms with Gasteiger partial charge in [0.25, 0.3) is 0 Å². The summed E-state index contributed by atoms with van der Waals surface area (Å²) in [7, 11) is 0. The second kappa shape index (κ2) is 8.89. The van der Waals surface area contributed by atoms with E-state index in [2.05, 4.69) is 11.4 Å². The lowest BCUT2D eigenvalue weighted by atomic mass is 9.82. The average Bonchev–Trinajstić information content (AvgIpc) is 2.49. The minimum absolute atomic E-state index is 0.240. The van der Waals surface area contributed by atoms with Crippen molar-refractivity contribution in [3.05, 3.63) is 11.6 Å². The van der Waals surface area contributed by atoms with Crippen LogP contribution < -0.4 is 11.1 Å². The SMILES string of the molecule is NC1CCCCC1C[C@H](O)NC1CCCC=C1CCCO. The lowest BCUT2D eigenvalue weighted by Crippen LogP contribution is -2.44. The van der Waals surface area contributed by atoms with E-state index in [1.165, 1.54) is 24.8 Å². The highest BCUT2D eigenvalue weighted by Gasteiger charge is 2.26. The Bertz CT molecular complexity index is 333. The molecule has 0 spiro atoms. The molecule has 1 saturated carbocycles. The Morgan fingerprint density at radius 1 is 1.24 bits per heavy atom. The Morgan fingerprint density at radius 2 is 2.05 bits per heavy atom. The molecule has 122 valence electrons. The van der Waals surface area contributed by atoms with Crippen LogP contribution in [0.25, 0.3) is 0 Å². The lowest BCUT2D eigenvalue weighted by Gasteiger charge is -2.33. The first-order valence-corrected chi connectivity index (χ1v) is 8.70. The summed E-state index contributed by atoms with van der Waals surface area (Å²) >= 11 is 0. The maximum Gasteiger partial charge on any atom is 0.105 e. The maximum absolute atomic E-state index is 10.4. The molecule has 21 heavy (non-hydrogen) atoms. The van der Waals surface area contributed by atoms with Gasteiger partial charge in [-0.2, -0.15) is 0 Å². The summed E-state index contributed by atoms with van der Waals surface area (Å²) < 4.78 is 0. The van der Waals surface area contributed by atoms with Gasteiger partial charge in [0, 0.05) is 18.7 Å². The van der Waals surface area contributed by atoms with E-state index >= 15 is 0 Å². The molecule has 0 aromatic carbocycles. The minimum Gasteiger partial charge on any atom is -0.396 e. The highest BCUT2D eigenvalue weighted by molar-refractivity contribution is 5.14. The summed E-state index contributed by atoms with van der Waals surface area (Å²) in [6.45, 7) is 0.240. The van der Waals surface area contributed by atoms with E-state index in [4.69, 9.17) is 10.8 Å². The number of hydrogen-bond acceptors (Lipinski definition) is 4. The van der Waals surface area contributed by atoms with Crippen molar-refractivity contribution in [3.63, 3.8) is 0 Å². The Kier molecular flexibility index (Phi) is 7.17. The Morgan fingerprint density at radius 3 is 2.81 bits per heavy atom. The molecule has 2 rings (SSSR count). The van der Waals surface area contributed by atoms with Gasteiger partial charge in [-0.15, -0.1) is 0 Å². The van der Waals surface area contributed by atoms with E-state index in [0.717, 1.165) is 44.9 Å². The van der Waals surface area contributed by atoms with Gasteiger partial charge in [0.15, 0.2) is 0 Å². The molecule has 0 aromatic rings. The first-order chi connectivity index (χ1) is 10.2. The molecular formula is C17H32N2O2. The molecule has 0 bridgehead atoms. The quantitative estimate of drug-likeness (QED) is 0.428. The van der Waals surface area contributed by atoms with E-state index in [1.54, 1.807) is 0 Å². The Balaban J connectivity index is 1.81. The van der Waals surface area contributed by atoms with Crippen molar-refractivity contribution in [2.45, 2.75) is 82.5 Å². The van der Waals surface area contributed by atoms with Crippen LogP contribution in [0.3, 0.4) is 0 Å². The van der Waals surface area contributed by atoms with Crippen molar-refractivity contribution in [3.8, 4) is 0 Å². The van der Waals surface area contributed by atoms with Crippen LogP contribution in [0.4, 0.5) is 0 Å². The van der Waals surface area contributed by atoms with Crippen LogP contribution in [-0.2, 0) is 0 Å². The molecular weight excluding hydrogens is 264 g/mol. The molecule has 2 aliphatic rings. The highest BCUT2D eigenvalue weighted by atomic mass is 16.3. The maximum atomic E-state index is 10.4. The van der Waals surface area contributed by atoms with Gasteiger partial charge >= 0.3 is 0 Å². The van der Waals surface area contributed by atoms with E-state index < -0.39 is 6.23 Å². The molecule has 4 heteroatoms. The zero-order valence-corrected chi connectivity index (χ0v) is 13.1. The number of allylic oxidation sites excluding steroid dienone is 1. The number of aliphatic hydroxyl groups excluding tert-OH is 2. The molecule has 0 aromatic heterocycles. The fourth-order valence-corrected chi connectivity index (χ4v) is 3.80. The van der Waals surface area contributed by atoms with Gasteiger partial charge in [-0.3, -0.25) is 5.32 Å². The Hall–Kier alpha value is -0.420. The third-order valence-electron chi connectivity index (χ3n) is 5.06. The van der Waals surface area contributed by atoms with Crippen LogP contribution in [0, 0.1) is 5.92 Å². The summed E-state index contributed by atoms with van der Waals surface area (Å²) in [5.74, 6) is 0.453. The second-order valence-electron chi connectivity index (χ2n) is 6.72. The molecule has 4 nitrogen and oxygen atoms in total. The summed E-state index contributed by atoms with van der Waals surface area (Å²) in [5.41, 5.74) is 7.54. The predicted octanol–water partition coefficient (Wildman–Crippen LogP) is 2.05. The molecule has 0 radical (unpaired) electrons. The summed E-state index contributed by atoms with van der Waals surface area (Å²) in [6, 6.07) is 0.533. The second-order valence-corrected chi connectivity index (χ2v) is 6.72. The molecule has 3 unspecified atom stereocenters. The van der Waals surface area contributed by atoms with Crippen LogP contribution in [0.1, 0.15) is 64.2 Å². The fraction of sp³-hybridized carbons (Fsp3) is 0.882. The molecule has 0 aliphatic heterocycles. The molecule has 2 aliphatic carbocycles. The van der Waals surface area contributed by atoms with E-state index in [-0.39, 0.29) is 18.7 Å². The molecule has 0 amide bonds. The van der Waals surface area contributed by atoms with Crippen molar-refractivity contribution in [1.29, 1.82) is 0 Å². The molecule has 0 heterocycles. The van der Waals surface area contributed by atoms with Gasteiger partial charge in [-0.05, 0) is 57.3 Å². The topological polar surface area (TPSA) is 78.5 Å². The number of hydrogen-bond donors (Lipinski definition) is 4. The van der Waals surface area contributed by atoms with Crippen LogP contribution >= 0.6 is 0 Å². The van der Waals surface area contributed by atoms with Crippen molar-refractivity contribution in [1.82, 2.24) is 5.32 Å². The van der Waals surface area contributed by atoms with Crippen molar-refractivity contribution in [2.75, 3.05) is 6.61 Å². The van der Waals surface area contributed by atoms with E-state index in [9.17, 15) is 5.11 Å². The molecule has 5 N–H and O–H groups in total. The van der Waals surface area contributed by atoms with Crippen LogP contribution in [0.15, 0.2) is 11.6 Å². The first kappa shape index (κ1) is 16.9. The van der Waals surface area contributed by atoms with Crippen molar-refractivity contribution < 1.29 is 10.2 Å². The summed E-state index contributed by atoms with van der Waals surface area (Å²) in [5, 5.41) is 22.8. The molecule has 0 saturated heterocycles. The zero-order valence-electron chi connectivity index (χ0n) is 13.1. The van der Waals surface area contributed by atoms with Gasteiger partial charge in [-0.25, -0.2) is 0 Å². The first-order valence-electron chi connectivity index (χ1n) is 8.70. The number of nitrogens with two attached hydrogens (primary N) is 1. The monoisotopic (exact) mass is 296 g/mol. The number of rotatable bonds is 7. The number of aliphatic hydroxyl groups is 2. The van der Waals surface area contributed by atoms with Gasteiger partial charge < -0.3 is 15.9 Å². The van der Waals surface area contributed by atoms with Crippen molar-refractivity contribution in [2.24, 2.45) is 11.7 Å². The lowest BCUT2D eigenvalue weighted by molar-refractivity contribution is 0.0826. The molecule has 1 fully saturated rings. The standard InChI is InChI=1S/C17H32N2O2/c18-15-9-3-1-7-14(15)12-17(21)19-16-10-4-2-6-13(16)8-5-11-20/h6,14-17,19-21H,1-5,7-12,18H2/t14?,15?,16?,17-/m0/s1. The third-order valence-corrected chi connectivity index (χ3v) is 5.06.